The van der Waals surface area contributed by atoms with Crippen LogP contribution in [0.4, 0.5) is 0 Å². The van der Waals surface area contributed by atoms with Crippen LogP contribution in [-0.2, 0) is 4.79 Å². The van der Waals surface area contributed by atoms with E-state index >= 15 is 0 Å². The van der Waals surface area contributed by atoms with Gasteiger partial charge in [0.15, 0.2) is 0 Å². The lowest BCUT2D eigenvalue weighted by molar-refractivity contribution is -0.132. The fraction of sp³-hybridized carbons (Fsp3) is 0.727. The van der Waals surface area contributed by atoms with E-state index in [1.807, 2.05) is 4.90 Å². The highest BCUT2D eigenvalue weighted by molar-refractivity contribution is 5.82. The molecule has 1 N–H and O–H groups in total. The topological polar surface area (TPSA) is 32.3 Å². The molecule has 0 unspecified atom stereocenters. The lowest BCUT2D eigenvalue weighted by Gasteiger charge is -2.23. The van der Waals surface area contributed by atoms with E-state index in [1.165, 1.54) is 0 Å². The van der Waals surface area contributed by atoms with Gasteiger partial charge in [0.05, 0.1) is 6.04 Å². The minimum absolute atomic E-state index is 0.0569. The predicted octanol–water partition coefficient (Wildman–Crippen LogP) is 1.16. The van der Waals surface area contributed by atoms with Crippen molar-refractivity contribution in [3.05, 3.63) is 12.7 Å². The lowest BCUT2D eigenvalue weighted by Crippen LogP contribution is -2.43. The molecule has 0 aromatic carbocycles. The molecular formula is C11H20N2O. The summed E-state index contributed by atoms with van der Waals surface area (Å²) >= 11 is 0. The Labute approximate surface area is 86.2 Å². The van der Waals surface area contributed by atoms with Gasteiger partial charge in [-0.2, -0.15) is 0 Å². The molecule has 0 bridgehead atoms. The van der Waals surface area contributed by atoms with Gasteiger partial charge in [0.2, 0.25) is 5.91 Å². The SMILES string of the molecule is C=CCN(CCC)C(=O)[C@H]1CCCN1. The molecule has 1 fully saturated rings. The molecule has 1 atom stereocenters. The lowest BCUT2D eigenvalue weighted by atomic mass is 10.2. The van der Waals surface area contributed by atoms with E-state index in [2.05, 4.69) is 18.8 Å². The fourth-order valence-corrected chi connectivity index (χ4v) is 1.83. The monoisotopic (exact) mass is 196 g/mol. The highest BCUT2D eigenvalue weighted by Gasteiger charge is 2.25. The van der Waals surface area contributed by atoms with Crippen molar-refractivity contribution < 1.29 is 4.79 Å². The molecular weight excluding hydrogens is 176 g/mol. The fourth-order valence-electron chi connectivity index (χ4n) is 1.83. The number of amides is 1. The van der Waals surface area contributed by atoms with Crippen molar-refractivity contribution in [1.29, 1.82) is 0 Å². The van der Waals surface area contributed by atoms with Crippen LogP contribution >= 0.6 is 0 Å². The van der Waals surface area contributed by atoms with E-state index in [0.29, 0.717) is 6.54 Å². The van der Waals surface area contributed by atoms with E-state index in [-0.39, 0.29) is 11.9 Å². The average molecular weight is 196 g/mol. The first-order valence-electron chi connectivity index (χ1n) is 5.42. The number of nitrogens with zero attached hydrogens (tertiary/aromatic N) is 1. The van der Waals surface area contributed by atoms with Crippen molar-refractivity contribution in [1.82, 2.24) is 10.2 Å². The third kappa shape index (κ3) is 2.84. The highest BCUT2D eigenvalue weighted by atomic mass is 16.2. The van der Waals surface area contributed by atoms with E-state index in [4.69, 9.17) is 0 Å². The third-order valence-corrected chi connectivity index (χ3v) is 2.51. The van der Waals surface area contributed by atoms with Gasteiger partial charge in [0.1, 0.15) is 0 Å². The number of rotatable bonds is 5. The van der Waals surface area contributed by atoms with Gasteiger partial charge < -0.3 is 10.2 Å². The van der Waals surface area contributed by atoms with E-state index in [9.17, 15) is 4.79 Å². The molecule has 0 aromatic rings. The van der Waals surface area contributed by atoms with Gasteiger partial charge in [-0.3, -0.25) is 4.79 Å². The molecule has 1 saturated heterocycles. The maximum Gasteiger partial charge on any atom is 0.239 e. The molecule has 0 radical (unpaired) electrons. The van der Waals surface area contributed by atoms with Gasteiger partial charge >= 0.3 is 0 Å². The van der Waals surface area contributed by atoms with Crippen molar-refractivity contribution in [2.24, 2.45) is 0 Å². The molecule has 0 aromatic heterocycles. The molecule has 1 aliphatic rings. The zero-order valence-corrected chi connectivity index (χ0v) is 8.96. The Morgan fingerprint density at radius 1 is 1.71 bits per heavy atom. The number of nitrogens with one attached hydrogen (secondary N) is 1. The highest BCUT2D eigenvalue weighted by Crippen LogP contribution is 2.08. The molecule has 1 amide bonds. The van der Waals surface area contributed by atoms with Crippen LogP contribution in [0.25, 0.3) is 0 Å². The van der Waals surface area contributed by atoms with Gasteiger partial charge in [-0.15, -0.1) is 6.58 Å². The molecule has 14 heavy (non-hydrogen) atoms. The molecule has 1 rings (SSSR count). The van der Waals surface area contributed by atoms with Gasteiger partial charge in [-0.25, -0.2) is 0 Å². The van der Waals surface area contributed by atoms with Crippen LogP contribution in [0.2, 0.25) is 0 Å². The average Bonchev–Trinajstić information content (AvgIpc) is 2.69. The summed E-state index contributed by atoms with van der Waals surface area (Å²) in [7, 11) is 0. The molecule has 80 valence electrons. The van der Waals surface area contributed by atoms with Crippen LogP contribution < -0.4 is 5.32 Å². The number of hydrogen-bond acceptors (Lipinski definition) is 2. The second-order valence-corrected chi connectivity index (χ2v) is 3.72. The molecule has 0 saturated carbocycles. The number of carbonyl (C=O) groups is 1. The Morgan fingerprint density at radius 3 is 3.00 bits per heavy atom. The summed E-state index contributed by atoms with van der Waals surface area (Å²) in [5.74, 6) is 0.240. The minimum Gasteiger partial charge on any atom is -0.338 e. The molecule has 1 aliphatic heterocycles. The second kappa shape index (κ2) is 5.81. The van der Waals surface area contributed by atoms with Crippen molar-refractivity contribution in [2.45, 2.75) is 32.2 Å². The zero-order chi connectivity index (χ0) is 10.4. The first-order valence-corrected chi connectivity index (χ1v) is 5.42. The summed E-state index contributed by atoms with van der Waals surface area (Å²) in [6.45, 7) is 8.25. The van der Waals surface area contributed by atoms with E-state index < -0.39 is 0 Å². The van der Waals surface area contributed by atoms with Crippen molar-refractivity contribution in [2.75, 3.05) is 19.6 Å². The molecule has 0 aliphatic carbocycles. The smallest absolute Gasteiger partial charge is 0.239 e. The van der Waals surface area contributed by atoms with Gasteiger partial charge in [0.25, 0.3) is 0 Å². The Balaban J connectivity index is 2.47. The Kier molecular flexibility index (Phi) is 4.66. The summed E-state index contributed by atoms with van der Waals surface area (Å²) in [6, 6.07) is 0.0569. The van der Waals surface area contributed by atoms with Crippen LogP contribution in [0.3, 0.4) is 0 Å². The summed E-state index contributed by atoms with van der Waals surface area (Å²) < 4.78 is 0. The quantitative estimate of drug-likeness (QED) is 0.669. The number of hydrogen-bond donors (Lipinski definition) is 1. The van der Waals surface area contributed by atoms with Crippen molar-refractivity contribution in [3.63, 3.8) is 0 Å². The predicted molar refractivity (Wildman–Crippen MR) is 58.1 cm³/mol. The summed E-state index contributed by atoms with van der Waals surface area (Å²) in [5, 5.41) is 3.23. The van der Waals surface area contributed by atoms with Crippen molar-refractivity contribution in [3.8, 4) is 0 Å². The maximum absolute atomic E-state index is 11.9. The summed E-state index contributed by atoms with van der Waals surface area (Å²) in [5.41, 5.74) is 0. The second-order valence-electron chi connectivity index (χ2n) is 3.72. The molecule has 3 nitrogen and oxygen atoms in total. The van der Waals surface area contributed by atoms with Crippen LogP contribution in [-0.4, -0.2) is 36.5 Å². The molecule has 0 spiro atoms. The largest absolute Gasteiger partial charge is 0.338 e. The molecule has 1 heterocycles. The zero-order valence-electron chi connectivity index (χ0n) is 8.96. The minimum atomic E-state index is 0.0569. The standard InChI is InChI=1S/C11H20N2O/c1-3-8-13(9-4-2)11(14)10-6-5-7-12-10/h3,10,12H,1,4-9H2,2H3/t10-/m1/s1. The van der Waals surface area contributed by atoms with Crippen LogP contribution in [0.1, 0.15) is 26.2 Å². The first-order chi connectivity index (χ1) is 6.79. The van der Waals surface area contributed by atoms with Gasteiger partial charge in [0, 0.05) is 13.1 Å². The summed E-state index contributed by atoms with van der Waals surface area (Å²) in [6.07, 6.45) is 4.90. The van der Waals surface area contributed by atoms with E-state index in [0.717, 1.165) is 32.4 Å². The normalized spacial score (nSPS) is 20.8. The Bertz CT molecular complexity index is 197. The van der Waals surface area contributed by atoms with Gasteiger partial charge in [-0.1, -0.05) is 13.0 Å². The summed E-state index contributed by atoms with van der Waals surface area (Å²) in [4.78, 5) is 13.8. The Morgan fingerprint density at radius 2 is 2.50 bits per heavy atom. The number of carbonyl (C=O) groups excluding carboxylic acids is 1. The Hall–Kier alpha value is -0.830. The van der Waals surface area contributed by atoms with Gasteiger partial charge in [-0.05, 0) is 25.8 Å². The van der Waals surface area contributed by atoms with Crippen molar-refractivity contribution >= 4 is 5.91 Å². The third-order valence-electron chi connectivity index (χ3n) is 2.51. The maximum atomic E-state index is 11.9. The molecule has 3 heteroatoms. The first kappa shape index (κ1) is 11.2. The van der Waals surface area contributed by atoms with E-state index in [1.54, 1.807) is 6.08 Å². The van der Waals surface area contributed by atoms with Crippen LogP contribution in [0.15, 0.2) is 12.7 Å². The van der Waals surface area contributed by atoms with Crippen LogP contribution in [0, 0.1) is 0 Å². The van der Waals surface area contributed by atoms with Crippen LogP contribution in [0.5, 0.6) is 0 Å².